The summed E-state index contributed by atoms with van der Waals surface area (Å²) in [5.41, 5.74) is 0.941. The highest BCUT2D eigenvalue weighted by atomic mass is 16.5. The topological polar surface area (TPSA) is 46.6 Å². The number of methoxy groups -OCH3 is 1. The van der Waals surface area contributed by atoms with Crippen LogP contribution in [0.1, 0.15) is 18.4 Å². The van der Waals surface area contributed by atoms with Crippen molar-refractivity contribution in [3.8, 4) is 0 Å². The van der Waals surface area contributed by atoms with Crippen LogP contribution in [0.15, 0.2) is 48.7 Å². The Morgan fingerprint density at radius 3 is 2.75 bits per heavy atom. The molecule has 0 radical (unpaired) electrons. The molecule has 1 aliphatic heterocycles. The van der Waals surface area contributed by atoms with E-state index in [1.54, 1.807) is 12.3 Å². The average molecular weight is 271 g/mol. The molecule has 0 saturated carbocycles. The molecule has 0 N–H and O–H groups in total. The second-order valence-electron chi connectivity index (χ2n) is 4.49. The Morgan fingerprint density at radius 2 is 2.05 bits per heavy atom. The number of hydrogen-bond acceptors (Lipinski definition) is 3. The first-order chi connectivity index (χ1) is 9.72. The molecule has 1 atom stereocenters. The molecule has 1 aliphatic rings. The maximum absolute atomic E-state index is 12.2. The largest absolute Gasteiger partial charge is 0.467 e. The summed E-state index contributed by atoms with van der Waals surface area (Å²) in [7, 11) is 1.34. The van der Waals surface area contributed by atoms with Crippen LogP contribution in [0.4, 0.5) is 0 Å². The molecule has 0 spiro atoms. The molecule has 1 amide bonds. The first-order valence-corrected chi connectivity index (χ1v) is 6.52. The minimum absolute atomic E-state index is 0.222. The van der Waals surface area contributed by atoms with E-state index in [1.165, 1.54) is 18.1 Å². The molecule has 4 nitrogen and oxygen atoms in total. The van der Waals surface area contributed by atoms with Gasteiger partial charge in [0.05, 0.1) is 7.11 Å². The summed E-state index contributed by atoms with van der Waals surface area (Å²) in [5, 5.41) is 0. The highest BCUT2D eigenvalue weighted by Gasteiger charge is 2.29. The third-order valence-corrected chi connectivity index (χ3v) is 3.15. The van der Waals surface area contributed by atoms with Gasteiger partial charge < -0.3 is 9.64 Å². The number of amides is 1. The van der Waals surface area contributed by atoms with Gasteiger partial charge in [0.15, 0.2) is 0 Å². The van der Waals surface area contributed by atoms with Gasteiger partial charge in [0.25, 0.3) is 5.91 Å². The fourth-order valence-electron chi connectivity index (χ4n) is 2.10. The monoisotopic (exact) mass is 271 g/mol. The number of esters is 1. The van der Waals surface area contributed by atoms with Gasteiger partial charge in [-0.2, -0.15) is 0 Å². The van der Waals surface area contributed by atoms with Crippen molar-refractivity contribution in [3.05, 3.63) is 54.2 Å². The van der Waals surface area contributed by atoms with E-state index in [9.17, 15) is 9.59 Å². The molecule has 0 saturated heterocycles. The average Bonchev–Trinajstić information content (AvgIpc) is 2.52. The van der Waals surface area contributed by atoms with Crippen LogP contribution in [-0.2, 0) is 14.3 Å². The summed E-state index contributed by atoms with van der Waals surface area (Å²) in [6.07, 6.45) is 8.11. The molecule has 1 aromatic rings. The Balaban J connectivity index is 2.10. The van der Waals surface area contributed by atoms with Crippen LogP contribution >= 0.6 is 0 Å². The molecule has 20 heavy (non-hydrogen) atoms. The Bertz CT molecular complexity index is 534. The van der Waals surface area contributed by atoms with Crippen LogP contribution in [0.3, 0.4) is 0 Å². The second kappa shape index (κ2) is 6.70. The van der Waals surface area contributed by atoms with Gasteiger partial charge in [-0.3, -0.25) is 4.79 Å². The number of allylic oxidation sites excluding steroid dienone is 1. The zero-order chi connectivity index (χ0) is 14.4. The Morgan fingerprint density at radius 1 is 1.30 bits per heavy atom. The van der Waals surface area contributed by atoms with Crippen molar-refractivity contribution in [2.75, 3.05) is 7.11 Å². The lowest BCUT2D eigenvalue weighted by Gasteiger charge is -2.28. The third kappa shape index (κ3) is 3.35. The minimum Gasteiger partial charge on any atom is -0.467 e. The molecular formula is C16H17NO3. The normalized spacial score (nSPS) is 18.2. The standard InChI is InChI=1S/C16H17NO3/c1-20-16(19)14-9-5-6-12-17(14)15(18)11-10-13-7-3-2-4-8-13/h2-4,6-8,10-12,14H,5,9H2,1H3/t14-/m0/s1. The molecule has 1 aromatic carbocycles. The van der Waals surface area contributed by atoms with Crippen LogP contribution in [0, 0.1) is 0 Å². The van der Waals surface area contributed by atoms with Gasteiger partial charge in [0.1, 0.15) is 6.04 Å². The summed E-state index contributed by atoms with van der Waals surface area (Å²) in [4.78, 5) is 25.3. The third-order valence-electron chi connectivity index (χ3n) is 3.15. The number of carbonyl (C=O) groups excluding carboxylic acids is 2. The van der Waals surface area contributed by atoms with Crippen LogP contribution < -0.4 is 0 Å². The molecule has 0 aromatic heterocycles. The number of ether oxygens (including phenoxy) is 1. The van der Waals surface area contributed by atoms with Gasteiger partial charge in [-0.1, -0.05) is 36.4 Å². The highest BCUT2D eigenvalue weighted by Crippen LogP contribution is 2.17. The predicted octanol–water partition coefficient (Wildman–Crippen LogP) is 2.38. The van der Waals surface area contributed by atoms with Crippen molar-refractivity contribution in [2.24, 2.45) is 0 Å². The maximum Gasteiger partial charge on any atom is 0.328 e. The summed E-state index contributed by atoms with van der Waals surface area (Å²) in [6.45, 7) is 0. The van der Waals surface area contributed by atoms with Gasteiger partial charge in [0.2, 0.25) is 0 Å². The Hall–Kier alpha value is -2.36. The molecule has 0 unspecified atom stereocenters. The van der Waals surface area contributed by atoms with E-state index in [4.69, 9.17) is 4.74 Å². The summed E-state index contributed by atoms with van der Waals surface area (Å²) >= 11 is 0. The van der Waals surface area contributed by atoms with Crippen LogP contribution in [-0.4, -0.2) is 29.9 Å². The summed E-state index contributed by atoms with van der Waals surface area (Å²) < 4.78 is 4.74. The quantitative estimate of drug-likeness (QED) is 0.626. The maximum atomic E-state index is 12.2. The lowest BCUT2D eigenvalue weighted by molar-refractivity contribution is -0.150. The van der Waals surface area contributed by atoms with Crippen molar-refractivity contribution < 1.29 is 14.3 Å². The first kappa shape index (κ1) is 14.1. The molecule has 104 valence electrons. The number of carbonyl (C=O) groups is 2. The van der Waals surface area contributed by atoms with E-state index in [2.05, 4.69) is 0 Å². The number of nitrogens with zero attached hydrogens (tertiary/aromatic N) is 1. The zero-order valence-corrected chi connectivity index (χ0v) is 11.4. The summed E-state index contributed by atoms with van der Waals surface area (Å²) in [5.74, 6) is -0.601. The molecule has 2 rings (SSSR count). The second-order valence-corrected chi connectivity index (χ2v) is 4.49. The molecular weight excluding hydrogens is 254 g/mol. The van der Waals surface area contributed by atoms with Crippen LogP contribution in [0.25, 0.3) is 6.08 Å². The van der Waals surface area contributed by atoms with Gasteiger partial charge in [-0.15, -0.1) is 0 Å². The minimum atomic E-state index is -0.530. The van der Waals surface area contributed by atoms with E-state index in [0.29, 0.717) is 6.42 Å². The SMILES string of the molecule is COC(=O)[C@@H]1CCC=CN1C(=O)C=Cc1ccccc1. The molecule has 0 fully saturated rings. The predicted molar refractivity (Wildman–Crippen MR) is 76.5 cm³/mol. The van der Waals surface area contributed by atoms with Crippen LogP contribution in [0.5, 0.6) is 0 Å². The summed E-state index contributed by atoms with van der Waals surface area (Å²) in [6, 6.07) is 9.02. The lowest BCUT2D eigenvalue weighted by atomic mass is 10.1. The number of hydrogen-bond donors (Lipinski definition) is 0. The van der Waals surface area contributed by atoms with E-state index >= 15 is 0 Å². The van der Waals surface area contributed by atoms with E-state index in [1.807, 2.05) is 36.4 Å². The molecule has 1 heterocycles. The van der Waals surface area contributed by atoms with E-state index in [-0.39, 0.29) is 11.9 Å². The van der Waals surface area contributed by atoms with Crippen molar-refractivity contribution in [2.45, 2.75) is 18.9 Å². The van der Waals surface area contributed by atoms with Crippen molar-refractivity contribution in [1.29, 1.82) is 0 Å². The van der Waals surface area contributed by atoms with Crippen molar-refractivity contribution >= 4 is 18.0 Å². The highest BCUT2D eigenvalue weighted by molar-refractivity contribution is 5.95. The molecule has 0 aliphatic carbocycles. The Kier molecular flexibility index (Phi) is 4.71. The van der Waals surface area contributed by atoms with E-state index in [0.717, 1.165) is 12.0 Å². The zero-order valence-electron chi connectivity index (χ0n) is 11.4. The fourth-order valence-corrected chi connectivity index (χ4v) is 2.10. The van der Waals surface area contributed by atoms with E-state index < -0.39 is 6.04 Å². The van der Waals surface area contributed by atoms with Gasteiger partial charge in [-0.05, 0) is 24.5 Å². The Labute approximate surface area is 118 Å². The molecule has 0 bridgehead atoms. The van der Waals surface area contributed by atoms with Crippen molar-refractivity contribution in [3.63, 3.8) is 0 Å². The number of rotatable bonds is 3. The lowest BCUT2D eigenvalue weighted by Crippen LogP contribution is -2.43. The van der Waals surface area contributed by atoms with Gasteiger partial charge >= 0.3 is 5.97 Å². The van der Waals surface area contributed by atoms with Crippen LogP contribution in [0.2, 0.25) is 0 Å². The van der Waals surface area contributed by atoms with Crippen molar-refractivity contribution in [1.82, 2.24) is 4.90 Å². The smallest absolute Gasteiger partial charge is 0.328 e. The number of benzene rings is 1. The van der Waals surface area contributed by atoms with Gasteiger partial charge in [-0.25, -0.2) is 4.79 Å². The fraction of sp³-hybridized carbons (Fsp3) is 0.250. The molecule has 4 heteroatoms. The van der Waals surface area contributed by atoms with Gasteiger partial charge in [0, 0.05) is 12.3 Å². The first-order valence-electron chi connectivity index (χ1n) is 6.52.